The zero-order valence-corrected chi connectivity index (χ0v) is 8.41. The first-order valence-corrected chi connectivity index (χ1v) is 5.67. The summed E-state index contributed by atoms with van der Waals surface area (Å²) in [7, 11) is 0. The van der Waals surface area contributed by atoms with E-state index in [1.807, 2.05) is 4.90 Å². The zero-order valence-electron chi connectivity index (χ0n) is 8.41. The van der Waals surface area contributed by atoms with Crippen LogP contribution in [0.15, 0.2) is 0 Å². The summed E-state index contributed by atoms with van der Waals surface area (Å²) in [6.07, 6.45) is 5.49. The van der Waals surface area contributed by atoms with Crippen LogP contribution < -0.4 is 0 Å². The molecular formula is C11H17NO2. The summed E-state index contributed by atoms with van der Waals surface area (Å²) in [4.78, 5) is 13.5. The number of carbonyl (C=O) groups is 1. The second kappa shape index (κ2) is 2.72. The van der Waals surface area contributed by atoms with Crippen LogP contribution in [0.25, 0.3) is 0 Å². The van der Waals surface area contributed by atoms with Gasteiger partial charge in [0.05, 0.1) is 13.1 Å². The zero-order chi connectivity index (χ0) is 9.76. The molecular weight excluding hydrogens is 178 g/mol. The molecule has 0 atom stereocenters. The molecule has 1 heterocycles. The first kappa shape index (κ1) is 8.72. The van der Waals surface area contributed by atoms with Crippen molar-refractivity contribution in [3.63, 3.8) is 0 Å². The Morgan fingerprint density at radius 2 is 1.93 bits per heavy atom. The summed E-state index contributed by atoms with van der Waals surface area (Å²) in [5.74, 6) is 1.42. The van der Waals surface area contributed by atoms with E-state index in [0.29, 0.717) is 24.9 Å². The molecule has 1 saturated heterocycles. The lowest BCUT2D eigenvalue weighted by Crippen LogP contribution is -2.64. The topological polar surface area (TPSA) is 40.5 Å². The number of aliphatic hydroxyl groups is 1. The predicted molar refractivity (Wildman–Crippen MR) is 51.6 cm³/mol. The largest absolute Gasteiger partial charge is 0.386 e. The minimum Gasteiger partial charge on any atom is -0.386 e. The van der Waals surface area contributed by atoms with Crippen molar-refractivity contribution in [2.45, 2.75) is 37.7 Å². The van der Waals surface area contributed by atoms with E-state index < -0.39 is 5.60 Å². The smallest absolute Gasteiger partial charge is 0.223 e. The van der Waals surface area contributed by atoms with E-state index in [1.165, 1.54) is 12.8 Å². The van der Waals surface area contributed by atoms with Gasteiger partial charge in [-0.1, -0.05) is 0 Å². The molecule has 3 rings (SSSR count). The number of hydrogen-bond donors (Lipinski definition) is 1. The average molecular weight is 195 g/mol. The first-order valence-electron chi connectivity index (χ1n) is 5.67. The Morgan fingerprint density at radius 1 is 1.29 bits per heavy atom. The third kappa shape index (κ3) is 1.44. The summed E-state index contributed by atoms with van der Waals surface area (Å²) < 4.78 is 0. The first-order chi connectivity index (χ1) is 6.67. The van der Waals surface area contributed by atoms with Gasteiger partial charge in [0.1, 0.15) is 5.60 Å². The van der Waals surface area contributed by atoms with Gasteiger partial charge in [0.15, 0.2) is 0 Å². The molecule has 1 N–H and O–H groups in total. The monoisotopic (exact) mass is 195 g/mol. The number of hydrogen-bond acceptors (Lipinski definition) is 2. The Balaban J connectivity index is 1.49. The van der Waals surface area contributed by atoms with E-state index in [1.54, 1.807) is 0 Å². The Morgan fingerprint density at radius 3 is 2.43 bits per heavy atom. The van der Waals surface area contributed by atoms with Crippen LogP contribution in [-0.2, 0) is 4.79 Å². The normalized spacial score (nSPS) is 29.9. The van der Waals surface area contributed by atoms with Crippen LogP contribution in [0, 0.1) is 11.8 Å². The quantitative estimate of drug-likeness (QED) is 0.722. The molecule has 2 aliphatic carbocycles. The number of β-amino-alcohol motifs (C(OH)–C–C–N with tert-alkyl or cyclic N) is 1. The van der Waals surface area contributed by atoms with Crippen LogP contribution in [0.2, 0.25) is 0 Å². The van der Waals surface area contributed by atoms with Gasteiger partial charge >= 0.3 is 0 Å². The van der Waals surface area contributed by atoms with Crippen LogP contribution in [0.3, 0.4) is 0 Å². The molecule has 0 aromatic heterocycles. The lowest BCUT2D eigenvalue weighted by Gasteiger charge is -2.47. The Bertz CT molecular complexity index is 262. The minimum atomic E-state index is -0.501. The highest BCUT2D eigenvalue weighted by Crippen LogP contribution is 2.45. The van der Waals surface area contributed by atoms with Gasteiger partial charge in [-0.2, -0.15) is 0 Å². The van der Waals surface area contributed by atoms with Gasteiger partial charge in [0.2, 0.25) is 5.91 Å². The molecule has 1 amide bonds. The second-order valence-electron chi connectivity index (χ2n) is 5.28. The molecule has 3 aliphatic rings. The second-order valence-corrected chi connectivity index (χ2v) is 5.28. The highest BCUT2D eigenvalue weighted by atomic mass is 16.3. The van der Waals surface area contributed by atoms with Crippen LogP contribution in [0.4, 0.5) is 0 Å². The standard InChI is InChI=1S/C11H17NO2/c13-10(5-8-1-2-8)12-6-11(14,7-12)9-3-4-9/h8-9,14H,1-7H2. The van der Waals surface area contributed by atoms with Crippen LogP contribution in [0.5, 0.6) is 0 Å². The van der Waals surface area contributed by atoms with Crippen LogP contribution >= 0.6 is 0 Å². The number of carbonyl (C=O) groups excluding carboxylic acids is 1. The van der Waals surface area contributed by atoms with Gasteiger partial charge in [-0.25, -0.2) is 0 Å². The van der Waals surface area contributed by atoms with Gasteiger partial charge in [0, 0.05) is 6.42 Å². The Kier molecular flexibility index (Phi) is 1.69. The third-order valence-corrected chi connectivity index (χ3v) is 3.78. The molecule has 0 spiro atoms. The van der Waals surface area contributed by atoms with Crippen molar-refractivity contribution < 1.29 is 9.90 Å². The summed E-state index contributed by atoms with van der Waals surface area (Å²) in [6.45, 7) is 1.20. The highest BCUT2D eigenvalue weighted by Gasteiger charge is 2.53. The number of likely N-dealkylation sites (tertiary alicyclic amines) is 1. The number of nitrogens with zero attached hydrogens (tertiary/aromatic N) is 1. The molecule has 0 aromatic rings. The van der Waals surface area contributed by atoms with Crippen molar-refractivity contribution in [2.24, 2.45) is 11.8 Å². The molecule has 3 heteroatoms. The van der Waals surface area contributed by atoms with Gasteiger partial charge < -0.3 is 10.0 Å². The van der Waals surface area contributed by atoms with E-state index in [2.05, 4.69) is 0 Å². The summed E-state index contributed by atoms with van der Waals surface area (Å²) in [5.41, 5.74) is -0.501. The minimum absolute atomic E-state index is 0.262. The molecule has 3 fully saturated rings. The fourth-order valence-electron chi connectivity index (χ4n) is 2.37. The van der Waals surface area contributed by atoms with Crippen molar-refractivity contribution in [3.05, 3.63) is 0 Å². The van der Waals surface area contributed by atoms with Crippen LogP contribution in [-0.4, -0.2) is 34.6 Å². The van der Waals surface area contributed by atoms with Gasteiger partial charge in [-0.05, 0) is 37.5 Å². The van der Waals surface area contributed by atoms with Gasteiger partial charge in [-0.15, -0.1) is 0 Å². The van der Waals surface area contributed by atoms with E-state index in [-0.39, 0.29) is 5.91 Å². The van der Waals surface area contributed by atoms with Crippen LogP contribution in [0.1, 0.15) is 32.1 Å². The van der Waals surface area contributed by atoms with Crippen molar-refractivity contribution in [1.29, 1.82) is 0 Å². The Hall–Kier alpha value is -0.570. The van der Waals surface area contributed by atoms with E-state index in [0.717, 1.165) is 19.3 Å². The molecule has 14 heavy (non-hydrogen) atoms. The molecule has 3 nitrogen and oxygen atoms in total. The van der Waals surface area contributed by atoms with Crippen molar-refractivity contribution in [2.75, 3.05) is 13.1 Å². The Labute approximate surface area is 84.1 Å². The summed E-state index contributed by atoms with van der Waals surface area (Å²) >= 11 is 0. The van der Waals surface area contributed by atoms with Gasteiger partial charge in [0.25, 0.3) is 0 Å². The van der Waals surface area contributed by atoms with Crippen molar-refractivity contribution in [3.8, 4) is 0 Å². The fourth-order valence-corrected chi connectivity index (χ4v) is 2.37. The fraction of sp³-hybridized carbons (Fsp3) is 0.909. The number of rotatable bonds is 3. The molecule has 1 aliphatic heterocycles. The maximum atomic E-state index is 11.6. The average Bonchev–Trinajstić information content (AvgIpc) is 2.89. The predicted octanol–water partition coefficient (Wildman–Crippen LogP) is 0.770. The lowest BCUT2D eigenvalue weighted by molar-refractivity contribution is -0.159. The maximum absolute atomic E-state index is 11.6. The van der Waals surface area contributed by atoms with E-state index >= 15 is 0 Å². The molecule has 0 radical (unpaired) electrons. The van der Waals surface area contributed by atoms with E-state index in [9.17, 15) is 9.90 Å². The highest BCUT2D eigenvalue weighted by molar-refractivity contribution is 5.78. The van der Waals surface area contributed by atoms with Crippen molar-refractivity contribution >= 4 is 5.91 Å². The SMILES string of the molecule is O=C(CC1CC1)N1CC(O)(C2CC2)C1. The summed E-state index contributed by atoms with van der Waals surface area (Å²) in [6, 6.07) is 0. The molecule has 0 aromatic carbocycles. The van der Waals surface area contributed by atoms with Gasteiger partial charge in [-0.3, -0.25) is 4.79 Å². The molecule has 0 bridgehead atoms. The molecule has 2 saturated carbocycles. The molecule has 78 valence electrons. The van der Waals surface area contributed by atoms with E-state index in [4.69, 9.17) is 0 Å². The maximum Gasteiger partial charge on any atom is 0.223 e. The lowest BCUT2D eigenvalue weighted by atomic mass is 9.88. The third-order valence-electron chi connectivity index (χ3n) is 3.78. The van der Waals surface area contributed by atoms with Crippen molar-refractivity contribution in [1.82, 2.24) is 4.90 Å². The molecule has 0 unspecified atom stereocenters. The number of amides is 1. The summed E-state index contributed by atoms with van der Waals surface area (Å²) in [5, 5.41) is 10.0.